The van der Waals surface area contributed by atoms with Crippen LogP contribution < -0.4 is 0 Å². The largest absolute Gasteiger partial charge is 0.162 e. The Balaban J connectivity index is 2.33. The van der Waals surface area contributed by atoms with Crippen LogP contribution >= 0.6 is 24.8 Å². The average molecular weight is 220 g/mol. The van der Waals surface area contributed by atoms with E-state index in [1.807, 2.05) is 30.3 Å². The third-order valence-electron chi connectivity index (χ3n) is 2.01. The number of rotatable bonds is 2. The zero-order valence-electron chi connectivity index (χ0n) is 7.29. The smallest absolute Gasteiger partial charge is 0.0845 e. The van der Waals surface area contributed by atoms with Crippen molar-refractivity contribution in [2.24, 2.45) is 16.1 Å². The molecule has 1 aromatic rings. The number of thiol groups is 1. The number of benzene rings is 1. The van der Waals surface area contributed by atoms with Gasteiger partial charge in [-0.2, -0.15) is 10.2 Å². The lowest BCUT2D eigenvalue weighted by atomic mass is 10.00. The summed E-state index contributed by atoms with van der Waals surface area (Å²) >= 11 is 9.19. The summed E-state index contributed by atoms with van der Waals surface area (Å²) < 4.78 is 0.605. The summed E-state index contributed by atoms with van der Waals surface area (Å²) in [4.78, 5) is 0. The molecule has 0 spiro atoms. The summed E-state index contributed by atoms with van der Waals surface area (Å²) in [6.45, 7) is 0. The minimum atomic E-state index is -0.0317. The Kier molecular flexibility index (Phi) is 2.74. The van der Waals surface area contributed by atoms with Gasteiger partial charge in [0.05, 0.1) is 15.8 Å². The van der Waals surface area contributed by atoms with Gasteiger partial charge in [0.2, 0.25) is 0 Å². The van der Waals surface area contributed by atoms with E-state index in [0.717, 1.165) is 11.3 Å². The highest BCUT2D eigenvalue weighted by atomic mass is 32.1. The fourth-order valence-electron chi connectivity index (χ4n) is 1.32. The number of thiocarbonyl (C=S) groups is 1. The molecular formula is C10H8N2S2. The van der Waals surface area contributed by atoms with Crippen molar-refractivity contribution in [1.29, 1.82) is 0 Å². The Morgan fingerprint density at radius 1 is 1.29 bits per heavy atom. The molecule has 1 atom stereocenters. The maximum absolute atomic E-state index is 5.02. The second-order valence-electron chi connectivity index (χ2n) is 2.93. The van der Waals surface area contributed by atoms with E-state index in [1.54, 1.807) is 6.21 Å². The molecule has 0 N–H and O–H groups in total. The minimum Gasteiger partial charge on any atom is -0.162 e. The van der Waals surface area contributed by atoms with Crippen LogP contribution in [0.3, 0.4) is 0 Å². The molecule has 0 saturated carbocycles. The molecular weight excluding hydrogens is 212 g/mol. The molecule has 0 amide bonds. The highest BCUT2D eigenvalue weighted by Crippen LogP contribution is 2.16. The molecule has 2 rings (SSSR count). The highest BCUT2D eigenvalue weighted by molar-refractivity contribution is 8.11. The van der Waals surface area contributed by atoms with Crippen molar-refractivity contribution in [1.82, 2.24) is 0 Å². The topological polar surface area (TPSA) is 24.7 Å². The van der Waals surface area contributed by atoms with Crippen LogP contribution in [0.25, 0.3) is 0 Å². The van der Waals surface area contributed by atoms with Crippen molar-refractivity contribution in [3.8, 4) is 0 Å². The zero-order valence-corrected chi connectivity index (χ0v) is 9.00. The summed E-state index contributed by atoms with van der Waals surface area (Å²) in [6.07, 6.45) is 1.72. The molecule has 0 aromatic heterocycles. The quantitative estimate of drug-likeness (QED) is 0.600. The van der Waals surface area contributed by atoms with Crippen LogP contribution in [0.4, 0.5) is 0 Å². The van der Waals surface area contributed by atoms with Gasteiger partial charge in [-0.15, -0.1) is 12.6 Å². The Morgan fingerprint density at radius 3 is 2.64 bits per heavy atom. The van der Waals surface area contributed by atoms with Crippen LogP contribution in [-0.4, -0.2) is 16.1 Å². The Bertz CT molecular complexity index is 409. The third-order valence-corrected chi connectivity index (χ3v) is 2.54. The fourth-order valence-corrected chi connectivity index (χ4v) is 1.68. The Hall–Kier alpha value is -1.00. The fraction of sp³-hybridized carbons (Fsp3) is 0.100. The van der Waals surface area contributed by atoms with E-state index in [2.05, 4.69) is 22.8 Å². The molecule has 2 nitrogen and oxygen atoms in total. The molecule has 0 saturated heterocycles. The first kappa shape index (κ1) is 9.55. The van der Waals surface area contributed by atoms with Gasteiger partial charge in [0.1, 0.15) is 0 Å². The second-order valence-corrected chi connectivity index (χ2v) is 4.16. The van der Waals surface area contributed by atoms with Gasteiger partial charge in [0, 0.05) is 6.21 Å². The summed E-state index contributed by atoms with van der Waals surface area (Å²) in [7, 11) is 0. The van der Waals surface area contributed by atoms with Gasteiger partial charge in [0.15, 0.2) is 0 Å². The van der Waals surface area contributed by atoms with Gasteiger partial charge < -0.3 is 0 Å². The lowest BCUT2D eigenvalue weighted by Crippen LogP contribution is -2.18. The van der Waals surface area contributed by atoms with Crippen molar-refractivity contribution < 1.29 is 0 Å². The van der Waals surface area contributed by atoms with Gasteiger partial charge in [-0.3, -0.25) is 0 Å². The van der Waals surface area contributed by atoms with Gasteiger partial charge >= 0.3 is 0 Å². The predicted octanol–water partition coefficient (Wildman–Crippen LogP) is 2.35. The van der Waals surface area contributed by atoms with Crippen LogP contribution in [0.15, 0.2) is 40.5 Å². The molecule has 1 aliphatic heterocycles. The van der Waals surface area contributed by atoms with E-state index in [0.29, 0.717) is 4.20 Å². The van der Waals surface area contributed by atoms with Crippen LogP contribution in [0.1, 0.15) is 5.56 Å². The van der Waals surface area contributed by atoms with Crippen molar-refractivity contribution in [2.75, 3.05) is 0 Å². The minimum absolute atomic E-state index is 0.0317. The molecule has 1 aromatic carbocycles. The summed E-state index contributed by atoms with van der Waals surface area (Å²) in [5.41, 5.74) is 1.93. The van der Waals surface area contributed by atoms with E-state index in [4.69, 9.17) is 12.2 Å². The van der Waals surface area contributed by atoms with E-state index in [-0.39, 0.29) is 5.92 Å². The molecule has 1 unspecified atom stereocenters. The van der Waals surface area contributed by atoms with Crippen molar-refractivity contribution in [3.63, 3.8) is 0 Å². The summed E-state index contributed by atoms with van der Waals surface area (Å²) in [5, 5.41) is 7.93. The van der Waals surface area contributed by atoms with E-state index < -0.39 is 0 Å². The zero-order chi connectivity index (χ0) is 9.97. The van der Waals surface area contributed by atoms with Crippen LogP contribution in [0.5, 0.6) is 0 Å². The van der Waals surface area contributed by atoms with Crippen molar-refractivity contribution in [2.45, 2.75) is 0 Å². The highest BCUT2D eigenvalue weighted by Gasteiger charge is 2.21. The first-order chi connectivity index (χ1) is 6.79. The number of nitrogens with zero attached hydrogens (tertiary/aromatic N) is 2. The average Bonchev–Trinajstić information content (AvgIpc) is 2.67. The molecule has 70 valence electrons. The first-order valence-electron chi connectivity index (χ1n) is 4.18. The van der Waals surface area contributed by atoms with Crippen molar-refractivity contribution >= 4 is 41.0 Å². The van der Waals surface area contributed by atoms with Crippen LogP contribution in [-0.2, 0) is 0 Å². The Morgan fingerprint density at radius 2 is 2.00 bits per heavy atom. The second kappa shape index (κ2) is 4.02. The lowest BCUT2D eigenvalue weighted by molar-refractivity contribution is 1.27. The molecule has 0 radical (unpaired) electrons. The van der Waals surface area contributed by atoms with Gasteiger partial charge in [-0.1, -0.05) is 42.5 Å². The summed E-state index contributed by atoms with van der Waals surface area (Å²) in [6, 6.07) is 9.89. The van der Waals surface area contributed by atoms with Gasteiger partial charge in [-0.05, 0) is 5.56 Å². The lowest BCUT2D eigenvalue weighted by Gasteiger charge is -2.07. The number of hydrogen-bond acceptors (Lipinski definition) is 3. The van der Waals surface area contributed by atoms with Crippen LogP contribution in [0.2, 0.25) is 0 Å². The summed E-state index contributed by atoms with van der Waals surface area (Å²) in [5.74, 6) is -0.0317. The van der Waals surface area contributed by atoms with Crippen molar-refractivity contribution in [3.05, 3.63) is 35.9 Å². The maximum atomic E-state index is 5.02. The standard InChI is InChI=1S/C10H8N2S2/c13-10(14)8-6-11-12-9(8)7-4-2-1-3-5-7/h1-6,8H,(H,13,14). The van der Waals surface area contributed by atoms with E-state index in [1.165, 1.54) is 0 Å². The monoisotopic (exact) mass is 220 g/mol. The van der Waals surface area contributed by atoms with Gasteiger partial charge in [0.25, 0.3) is 0 Å². The number of hydrogen-bond donors (Lipinski definition) is 1. The van der Waals surface area contributed by atoms with E-state index >= 15 is 0 Å². The molecule has 4 heteroatoms. The molecule has 14 heavy (non-hydrogen) atoms. The van der Waals surface area contributed by atoms with Gasteiger partial charge in [-0.25, -0.2) is 0 Å². The molecule has 1 aliphatic rings. The molecule has 1 heterocycles. The van der Waals surface area contributed by atoms with Crippen LogP contribution in [0, 0.1) is 5.92 Å². The predicted molar refractivity (Wildman–Crippen MR) is 66.5 cm³/mol. The molecule has 0 fully saturated rings. The molecule has 0 bridgehead atoms. The third kappa shape index (κ3) is 1.76. The maximum Gasteiger partial charge on any atom is 0.0845 e. The normalized spacial score (nSPS) is 19.5. The first-order valence-corrected chi connectivity index (χ1v) is 5.04. The Labute approximate surface area is 93.2 Å². The SMILES string of the molecule is S=C(S)C1C=NN=C1c1ccccc1. The molecule has 0 aliphatic carbocycles. The van der Waals surface area contributed by atoms with E-state index in [9.17, 15) is 0 Å².